The quantitative estimate of drug-likeness (QED) is 0.751. The molecule has 2 rings (SSSR count). The molecular weight excluding hydrogens is 309 g/mol. The monoisotopic (exact) mass is 333 g/mol. The third kappa shape index (κ3) is 5.21. The van der Waals surface area contributed by atoms with Crippen LogP contribution < -0.4 is 15.8 Å². The molecule has 124 valence electrons. The van der Waals surface area contributed by atoms with Gasteiger partial charge in [-0.3, -0.25) is 4.57 Å². The van der Waals surface area contributed by atoms with Crippen molar-refractivity contribution in [3.63, 3.8) is 0 Å². The Morgan fingerprint density at radius 1 is 1.09 bits per heavy atom. The van der Waals surface area contributed by atoms with E-state index in [9.17, 15) is 4.57 Å². The SMILES string of the molecule is CCOP(=O)(COc1ccccc1)c1ccc(CC(C)N)cc1. The lowest BCUT2D eigenvalue weighted by Crippen LogP contribution is -2.18. The lowest BCUT2D eigenvalue weighted by molar-refractivity contribution is 0.300. The summed E-state index contributed by atoms with van der Waals surface area (Å²) in [6.07, 6.45) is 0.817. The molecule has 0 bridgehead atoms. The maximum atomic E-state index is 13.1. The van der Waals surface area contributed by atoms with Gasteiger partial charge in [-0.15, -0.1) is 0 Å². The van der Waals surface area contributed by atoms with Crippen LogP contribution in [0, 0.1) is 0 Å². The molecule has 2 N–H and O–H groups in total. The van der Waals surface area contributed by atoms with Gasteiger partial charge in [0, 0.05) is 11.3 Å². The first-order chi connectivity index (χ1) is 11.0. The van der Waals surface area contributed by atoms with Crippen molar-refractivity contribution in [2.45, 2.75) is 26.3 Å². The van der Waals surface area contributed by atoms with Crippen LogP contribution in [0.2, 0.25) is 0 Å². The van der Waals surface area contributed by atoms with Crippen molar-refractivity contribution >= 4 is 12.7 Å². The predicted octanol–water partition coefficient (Wildman–Crippen LogP) is 3.55. The topological polar surface area (TPSA) is 61.5 Å². The molecule has 4 nitrogen and oxygen atoms in total. The van der Waals surface area contributed by atoms with Crippen molar-refractivity contribution in [2.75, 3.05) is 13.0 Å². The van der Waals surface area contributed by atoms with Crippen LogP contribution in [0.3, 0.4) is 0 Å². The zero-order valence-corrected chi connectivity index (χ0v) is 14.5. The van der Waals surface area contributed by atoms with Crippen LogP contribution in [0.1, 0.15) is 19.4 Å². The molecule has 0 spiro atoms. The number of hydrogen-bond donors (Lipinski definition) is 1. The maximum Gasteiger partial charge on any atom is 0.268 e. The van der Waals surface area contributed by atoms with Crippen molar-refractivity contribution < 1.29 is 13.8 Å². The standard InChI is InChI=1S/C18H24NO3P/c1-3-22-23(20,14-21-17-7-5-4-6-8-17)18-11-9-16(10-12-18)13-15(2)19/h4-12,15H,3,13-14,19H2,1-2H3. The van der Waals surface area contributed by atoms with E-state index in [1.54, 1.807) is 0 Å². The van der Waals surface area contributed by atoms with E-state index >= 15 is 0 Å². The maximum absolute atomic E-state index is 13.1. The fourth-order valence-corrected chi connectivity index (χ4v) is 4.01. The van der Waals surface area contributed by atoms with E-state index in [1.165, 1.54) is 0 Å². The van der Waals surface area contributed by atoms with Crippen molar-refractivity contribution in [3.8, 4) is 5.75 Å². The van der Waals surface area contributed by atoms with Crippen molar-refractivity contribution in [2.24, 2.45) is 5.73 Å². The van der Waals surface area contributed by atoms with Gasteiger partial charge in [-0.2, -0.15) is 0 Å². The first-order valence-electron chi connectivity index (χ1n) is 7.80. The Bertz CT molecular complexity index is 641. The predicted molar refractivity (Wildman–Crippen MR) is 94.6 cm³/mol. The first kappa shape index (κ1) is 17.7. The fourth-order valence-electron chi connectivity index (χ4n) is 2.30. The Morgan fingerprint density at radius 3 is 2.30 bits per heavy atom. The van der Waals surface area contributed by atoms with Gasteiger partial charge >= 0.3 is 0 Å². The number of nitrogens with two attached hydrogens (primary N) is 1. The lowest BCUT2D eigenvalue weighted by atomic mass is 10.1. The van der Waals surface area contributed by atoms with Gasteiger partial charge in [0.25, 0.3) is 7.37 Å². The molecule has 2 unspecified atom stereocenters. The van der Waals surface area contributed by atoms with Gasteiger partial charge in [-0.05, 0) is 50.1 Å². The Morgan fingerprint density at radius 2 is 1.74 bits per heavy atom. The van der Waals surface area contributed by atoms with E-state index in [1.807, 2.05) is 68.4 Å². The van der Waals surface area contributed by atoms with E-state index < -0.39 is 7.37 Å². The molecule has 0 aliphatic carbocycles. The third-order valence-electron chi connectivity index (χ3n) is 3.37. The van der Waals surface area contributed by atoms with E-state index in [-0.39, 0.29) is 12.4 Å². The van der Waals surface area contributed by atoms with Gasteiger partial charge in [-0.1, -0.05) is 30.3 Å². The minimum Gasteiger partial charge on any atom is -0.483 e. The number of ether oxygens (including phenoxy) is 1. The van der Waals surface area contributed by atoms with E-state index in [2.05, 4.69) is 0 Å². The summed E-state index contributed by atoms with van der Waals surface area (Å²) >= 11 is 0. The van der Waals surface area contributed by atoms with Gasteiger partial charge in [0.05, 0.1) is 6.61 Å². The summed E-state index contributed by atoms with van der Waals surface area (Å²) in [4.78, 5) is 0. The molecule has 0 saturated heterocycles. The van der Waals surface area contributed by atoms with Crippen molar-refractivity contribution in [1.29, 1.82) is 0 Å². The number of para-hydroxylation sites is 1. The summed E-state index contributed by atoms with van der Waals surface area (Å²) in [7, 11) is -3.04. The molecule has 2 aromatic rings. The normalized spacial score (nSPS) is 14.9. The van der Waals surface area contributed by atoms with Crippen LogP contribution in [0.5, 0.6) is 5.75 Å². The number of rotatable bonds is 8. The summed E-state index contributed by atoms with van der Waals surface area (Å²) in [5, 5.41) is 0.670. The van der Waals surface area contributed by atoms with Crippen LogP contribution in [-0.4, -0.2) is 19.0 Å². The minimum atomic E-state index is -3.04. The molecule has 0 radical (unpaired) electrons. The second-order valence-corrected chi connectivity index (χ2v) is 7.91. The molecule has 2 aromatic carbocycles. The second kappa shape index (κ2) is 8.30. The van der Waals surface area contributed by atoms with Crippen LogP contribution in [0.4, 0.5) is 0 Å². The van der Waals surface area contributed by atoms with Gasteiger partial charge in [-0.25, -0.2) is 0 Å². The largest absolute Gasteiger partial charge is 0.483 e. The van der Waals surface area contributed by atoms with Crippen LogP contribution in [-0.2, 0) is 15.5 Å². The molecule has 0 aromatic heterocycles. The van der Waals surface area contributed by atoms with Crippen molar-refractivity contribution in [1.82, 2.24) is 0 Å². The van der Waals surface area contributed by atoms with Gasteiger partial charge in [0.1, 0.15) is 5.75 Å². The van der Waals surface area contributed by atoms with Crippen molar-refractivity contribution in [3.05, 3.63) is 60.2 Å². The van der Waals surface area contributed by atoms with Gasteiger partial charge in [0.2, 0.25) is 0 Å². The summed E-state index contributed by atoms with van der Waals surface area (Å²) < 4.78 is 24.4. The fraction of sp³-hybridized carbons (Fsp3) is 0.333. The van der Waals surface area contributed by atoms with Crippen LogP contribution >= 0.6 is 7.37 Å². The number of benzene rings is 2. The molecule has 0 aliphatic rings. The molecule has 0 saturated carbocycles. The first-order valence-corrected chi connectivity index (χ1v) is 9.61. The number of hydrogen-bond acceptors (Lipinski definition) is 4. The Kier molecular flexibility index (Phi) is 6.40. The van der Waals surface area contributed by atoms with Crippen LogP contribution in [0.15, 0.2) is 54.6 Å². The second-order valence-electron chi connectivity index (χ2n) is 5.53. The van der Waals surface area contributed by atoms with E-state index in [0.29, 0.717) is 17.7 Å². The lowest BCUT2D eigenvalue weighted by Gasteiger charge is -2.19. The minimum absolute atomic E-state index is 0.0253. The molecule has 0 amide bonds. The zero-order valence-electron chi connectivity index (χ0n) is 13.6. The Hall–Kier alpha value is -1.61. The summed E-state index contributed by atoms with van der Waals surface area (Å²) in [5.41, 5.74) is 6.93. The van der Waals surface area contributed by atoms with Gasteiger partial charge in [0.15, 0.2) is 6.35 Å². The Balaban J connectivity index is 2.14. The smallest absolute Gasteiger partial charge is 0.268 e. The average molecular weight is 333 g/mol. The highest BCUT2D eigenvalue weighted by Gasteiger charge is 2.26. The molecule has 5 heteroatoms. The van der Waals surface area contributed by atoms with E-state index in [4.69, 9.17) is 15.0 Å². The summed E-state index contributed by atoms with van der Waals surface area (Å²) in [6, 6.07) is 17.0. The van der Waals surface area contributed by atoms with E-state index in [0.717, 1.165) is 12.0 Å². The summed E-state index contributed by atoms with van der Waals surface area (Å²) in [6.45, 7) is 4.17. The van der Waals surface area contributed by atoms with Gasteiger partial charge < -0.3 is 15.0 Å². The highest BCUT2D eigenvalue weighted by molar-refractivity contribution is 7.66. The Labute approximate surface area is 138 Å². The highest BCUT2D eigenvalue weighted by Crippen LogP contribution is 2.45. The molecule has 0 fully saturated rings. The molecule has 2 atom stereocenters. The summed E-state index contributed by atoms with van der Waals surface area (Å²) in [5.74, 6) is 0.681. The molecular formula is C18H24NO3P. The molecule has 0 aliphatic heterocycles. The molecule has 0 heterocycles. The molecule has 23 heavy (non-hydrogen) atoms. The van der Waals surface area contributed by atoms with Crippen LogP contribution in [0.25, 0.3) is 0 Å². The average Bonchev–Trinajstić information content (AvgIpc) is 2.54. The zero-order chi connectivity index (χ0) is 16.7. The third-order valence-corrected chi connectivity index (χ3v) is 5.60. The highest BCUT2D eigenvalue weighted by atomic mass is 31.2.